The molecule has 0 aromatic carbocycles. The van der Waals surface area contributed by atoms with Gasteiger partial charge >= 0.3 is 5.97 Å². The lowest BCUT2D eigenvalue weighted by Gasteiger charge is -2.19. The third kappa shape index (κ3) is 3.13. The lowest BCUT2D eigenvalue weighted by Crippen LogP contribution is -2.38. The summed E-state index contributed by atoms with van der Waals surface area (Å²) in [5.41, 5.74) is 0. The molecule has 1 aliphatic heterocycles. The quantitative estimate of drug-likeness (QED) is 0.569. The van der Waals surface area contributed by atoms with Crippen LogP contribution in [-0.4, -0.2) is 47.8 Å². The van der Waals surface area contributed by atoms with Gasteiger partial charge in [0.25, 0.3) is 5.91 Å². The molecule has 0 unspecified atom stereocenters. The van der Waals surface area contributed by atoms with E-state index < -0.39 is 5.97 Å². The van der Waals surface area contributed by atoms with Gasteiger partial charge in [0.15, 0.2) is 6.61 Å². The van der Waals surface area contributed by atoms with E-state index in [2.05, 4.69) is 5.32 Å². The molecule has 2 saturated carbocycles. The minimum absolute atomic E-state index is 0.205. The number of likely N-dealkylation sites (tertiary alicyclic amines) is 1. The van der Waals surface area contributed by atoms with E-state index >= 15 is 0 Å². The molecule has 120 valence electrons. The molecule has 2 aliphatic carbocycles. The molecule has 22 heavy (non-hydrogen) atoms. The monoisotopic (exact) mass is 308 g/mol. The Labute approximate surface area is 128 Å². The molecule has 3 fully saturated rings. The van der Waals surface area contributed by atoms with E-state index in [0.29, 0.717) is 12.8 Å². The van der Waals surface area contributed by atoms with Crippen molar-refractivity contribution in [2.24, 2.45) is 11.8 Å². The van der Waals surface area contributed by atoms with Crippen LogP contribution in [0, 0.1) is 11.8 Å². The fourth-order valence-electron chi connectivity index (χ4n) is 3.20. The maximum Gasteiger partial charge on any atom is 0.326 e. The first-order chi connectivity index (χ1) is 10.6. The number of hydrogen-bond acceptors (Lipinski definition) is 5. The van der Waals surface area contributed by atoms with Crippen molar-refractivity contribution in [3.05, 3.63) is 0 Å². The highest BCUT2D eigenvalue weighted by molar-refractivity contribution is 6.07. The Morgan fingerprint density at radius 1 is 1.05 bits per heavy atom. The molecule has 1 saturated heterocycles. The molecule has 3 aliphatic rings. The van der Waals surface area contributed by atoms with Crippen molar-refractivity contribution in [2.45, 2.75) is 44.6 Å². The first-order valence-corrected chi connectivity index (χ1v) is 7.86. The Morgan fingerprint density at radius 2 is 1.64 bits per heavy atom. The number of rotatable bonds is 5. The highest BCUT2D eigenvalue weighted by Crippen LogP contribution is 2.37. The molecule has 3 rings (SSSR count). The summed E-state index contributed by atoms with van der Waals surface area (Å²) < 4.78 is 4.85. The van der Waals surface area contributed by atoms with Gasteiger partial charge in [0.2, 0.25) is 11.8 Å². The van der Waals surface area contributed by atoms with Gasteiger partial charge in [-0.1, -0.05) is 12.8 Å². The average molecular weight is 308 g/mol. The third-order valence-electron chi connectivity index (χ3n) is 4.53. The fraction of sp³-hybridized carbons (Fsp3) is 0.733. The van der Waals surface area contributed by atoms with Crippen molar-refractivity contribution < 1.29 is 23.9 Å². The molecule has 0 spiro atoms. The molecule has 0 radical (unpaired) electrons. The summed E-state index contributed by atoms with van der Waals surface area (Å²) in [7, 11) is 0. The maximum absolute atomic E-state index is 12.2. The van der Waals surface area contributed by atoms with Gasteiger partial charge in [0, 0.05) is 6.04 Å². The number of carbonyl (C=O) groups is 4. The van der Waals surface area contributed by atoms with Crippen LogP contribution >= 0.6 is 0 Å². The third-order valence-corrected chi connectivity index (χ3v) is 4.53. The van der Waals surface area contributed by atoms with Crippen LogP contribution in [0.3, 0.4) is 0 Å². The van der Waals surface area contributed by atoms with Gasteiger partial charge in [-0.25, -0.2) is 0 Å². The molecule has 3 amide bonds. The molecule has 0 aromatic rings. The smallest absolute Gasteiger partial charge is 0.326 e. The highest BCUT2D eigenvalue weighted by atomic mass is 16.5. The van der Waals surface area contributed by atoms with Crippen LogP contribution in [0.15, 0.2) is 0 Å². The van der Waals surface area contributed by atoms with Crippen molar-refractivity contribution >= 4 is 23.7 Å². The summed E-state index contributed by atoms with van der Waals surface area (Å²) in [6.07, 6.45) is 5.23. The van der Waals surface area contributed by atoms with Crippen molar-refractivity contribution in [2.75, 3.05) is 13.2 Å². The van der Waals surface area contributed by atoms with Gasteiger partial charge in [-0.15, -0.1) is 0 Å². The average Bonchev–Trinajstić information content (AvgIpc) is 3.29. The van der Waals surface area contributed by atoms with E-state index in [1.165, 1.54) is 0 Å². The molecule has 7 nitrogen and oxygen atoms in total. The first-order valence-electron chi connectivity index (χ1n) is 7.86. The molecule has 0 aromatic heterocycles. The van der Waals surface area contributed by atoms with Crippen LogP contribution in [0.5, 0.6) is 0 Å². The highest BCUT2D eigenvalue weighted by Gasteiger charge is 2.48. The minimum Gasteiger partial charge on any atom is -0.454 e. The van der Waals surface area contributed by atoms with Crippen LogP contribution in [0.25, 0.3) is 0 Å². The Hall–Kier alpha value is -1.92. The summed E-state index contributed by atoms with van der Waals surface area (Å²) >= 11 is 0. The zero-order valence-corrected chi connectivity index (χ0v) is 12.4. The Morgan fingerprint density at radius 3 is 2.18 bits per heavy atom. The molecular formula is C15H20N2O5. The summed E-state index contributed by atoms with van der Waals surface area (Å²) in [5, 5.41) is 2.70. The normalized spacial score (nSPS) is 27.5. The van der Waals surface area contributed by atoms with Gasteiger partial charge in [-0.3, -0.25) is 24.1 Å². The van der Waals surface area contributed by atoms with Crippen LogP contribution < -0.4 is 5.32 Å². The second-order valence-corrected chi connectivity index (χ2v) is 6.26. The molecule has 1 N–H and O–H groups in total. The predicted octanol–water partition coefficient (Wildman–Crippen LogP) is -0.0166. The van der Waals surface area contributed by atoms with Crippen molar-refractivity contribution in [3.63, 3.8) is 0 Å². The summed E-state index contributed by atoms with van der Waals surface area (Å²) in [6.45, 7) is -0.750. The van der Waals surface area contributed by atoms with E-state index in [4.69, 9.17) is 4.74 Å². The number of hydrogen-bond donors (Lipinski definition) is 1. The number of nitrogens with one attached hydrogen (secondary N) is 1. The van der Waals surface area contributed by atoms with Crippen molar-refractivity contribution in [1.29, 1.82) is 0 Å². The first kappa shape index (κ1) is 15.0. The summed E-state index contributed by atoms with van der Waals surface area (Å²) in [5.74, 6) is -2.14. The van der Waals surface area contributed by atoms with Crippen molar-refractivity contribution in [3.8, 4) is 0 Å². The van der Waals surface area contributed by atoms with E-state index in [1.54, 1.807) is 0 Å². The second-order valence-electron chi connectivity index (χ2n) is 6.26. The molecule has 7 heteroatoms. The Balaban J connectivity index is 1.49. The Bertz CT molecular complexity index is 490. The number of fused-ring (bicyclic) bond motifs is 1. The van der Waals surface area contributed by atoms with Gasteiger partial charge < -0.3 is 10.1 Å². The fourth-order valence-corrected chi connectivity index (χ4v) is 3.20. The molecule has 2 atom stereocenters. The van der Waals surface area contributed by atoms with Gasteiger partial charge in [0.1, 0.15) is 6.54 Å². The van der Waals surface area contributed by atoms with Gasteiger partial charge in [-0.2, -0.15) is 0 Å². The lowest BCUT2D eigenvalue weighted by molar-refractivity contribution is -0.154. The number of imide groups is 1. The zero-order chi connectivity index (χ0) is 15.7. The minimum atomic E-state index is -0.716. The van der Waals surface area contributed by atoms with E-state index in [9.17, 15) is 19.2 Å². The zero-order valence-electron chi connectivity index (χ0n) is 12.4. The maximum atomic E-state index is 12.2. The van der Waals surface area contributed by atoms with Crippen LogP contribution in [0.4, 0.5) is 0 Å². The SMILES string of the molecule is O=C(COC(=O)CN1C(=O)[C@H]2CCCC[C@@H]2C1=O)NC1CC1. The standard InChI is InChI=1S/C15H20N2O5/c18-12(16-9-5-6-9)8-22-13(19)7-17-14(20)10-3-1-2-4-11(10)15(17)21/h9-11H,1-8H2,(H,16,18)/t10-,11-/m0/s1. The van der Waals surface area contributed by atoms with E-state index in [1.807, 2.05) is 0 Å². The number of ether oxygens (including phenoxy) is 1. The van der Waals surface area contributed by atoms with E-state index in [0.717, 1.165) is 30.6 Å². The molecular weight excluding hydrogens is 288 g/mol. The van der Waals surface area contributed by atoms with Crippen LogP contribution in [0.2, 0.25) is 0 Å². The van der Waals surface area contributed by atoms with E-state index in [-0.39, 0.29) is 48.8 Å². The Kier molecular flexibility index (Phi) is 4.13. The molecule has 1 heterocycles. The van der Waals surface area contributed by atoms with Crippen molar-refractivity contribution in [1.82, 2.24) is 10.2 Å². The number of nitrogens with zero attached hydrogens (tertiary/aromatic N) is 1. The van der Waals surface area contributed by atoms with Crippen LogP contribution in [-0.2, 0) is 23.9 Å². The second kappa shape index (κ2) is 6.06. The predicted molar refractivity (Wildman–Crippen MR) is 74.3 cm³/mol. The summed E-state index contributed by atoms with van der Waals surface area (Å²) in [4.78, 5) is 48.6. The van der Waals surface area contributed by atoms with Crippen LogP contribution in [0.1, 0.15) is 38.5 Å². The number of esters is 1. The largest absolute Gasteiger partial charge is 0.454 e. The van der Waals surface area contributed by atoms with Gasteiger partial charge in [-0.05, 0) is 25.7 Å². The topological polar surface area (TPSA) is 92.8 Å². The van der Waals surface area contributed by atoms with Gasteiger partial charge in [0.05, 0.1) is 11.8 Å². The number of amides is 3. The summed E-state index contributed by atoms with van der Waals surface area (Å²) in [6, 6.07) is 0.205. The number of carbonyl (C=O) groups excluding carboxylic acids is 4. The molecule has 0 bridgehead atoms. The lowest BCUT2D eigenvalue weighted by atomic mass is 9.81.